The number of thiophene rings is 1. The molecule has 178 valence electrons. The lowest BCUT2D eigenvalue weighted by molar-refractivity contribution is -0.136. The van der Waals surface area contributed by atoms with E-state index in [0.717, 1.165) is 42.1 Å². The van der Waals surface area contributed by atoms with E-state index in [1.165, 1.54) is 23.1 Å². The minimum atomic E-state index is -4.63. The van der Waals surface area contributed by atoms with E-state index in [1.807, 2.05) is 30.3 Å². The molecule has 1 amide bonds. The van der Waals surface area contributed by atoms with Gasteiger partial charge in [-0.3, -0.25) is 4.79 Å². The lowest BCUT2D eigenvalue weighted by atomic mass is 10.0. The summed E-state index contributed by atoms with van der Waals surface area (Å²) in [5, 5.41) is 3.75. The van der Waals surface area contributed by atoms with Gasteiger partial charge >= 0.3 is 6.18 Å². The molecule has 9 heteroatoms. The number of fused-ring (bicyclic) bond motifs is 1. The van der Waals surface area contributed by atoms with Crippen molar-refractivity contribution in [3.8, 4) is 0 Å². The van der Waals surface area contributed by atoms with E-state index in [1.54, 1.807) is 0 Å². The average molecular weight is 506 g/mol. The predicted molar refractivity (Wildman–Crippen MR) is 130 cm³/mol. The molecule has 4 nitrogen and oxygen atoms in total. The second-order valence-corrected chi connectivity index (χ2v) is 10.3. The quantitative estimate of drug-likeness (QED) is 0.481. The molecule has 2 aliphatic rings. The summed E-state index contributed by atoms with van der Waals surface area (Å²) in [6.07, 6.45) is -3.68. The fraction of sp³-hybridized carbons (Fsp3) is 0.320. The van der Waals surface area contributed by atoms with Crippen LogP contribution in [0.4, 0.5) is 13.2 Å². The molecular formula is C25H23ClF3N3OS. The SMILES string of the molecule is C=C(c1ccccc1)N1CC[C@H](NC2CN(C(=O)c3sc4ccc(Cl)cc4c3C(F)(F)F)C2)C1. The normalized spacial score (nSPS) is 19.0. The van der Waals surface area contributed by atoms with Gasteiger partial charge in [-0.2, -0.15) is 13.2 Å². The highest BCUT2D eigenvalue weighted by Gasteiger charge is 2.42. The zero-order valence-corrected chi connectivity index (χ0v) is 19.8. The van der Waals surface area contributed by atoms with Crippen LogP contribution in [-0.2, 0) is 6.18 Å². The minimum Gasteiger partial charge on any atom is -0.370 e. The van der Waals surface area contributed by atoms with E-state index in [9.17, 15) is 18.0 Å². The summed E-state index contributed by atoms with van der Waals surface area (Å²) in [5.41, 5.74) is 1.19. The van der Waals surface area contributed by atoms with Crippen molar-refractivity contribution in [2.24, 2.45) is 0 Å². The third-order valence-electron chi connectivity index (χ3n) is 6.44. The first-order valence-corrected chi connectivity index (χ1v) is 12.2. The van der Waals surface area contributed by atoms with Crippen LogP contribution in [0, 0.1) is 0 Å². The van der Waals surface area contributed by atoms with Gasteiger partial charge in [0.2, 0.25) is 0 Å². The lowest BCUT2D eigenvalue weighted by Crippen LogP contribution is -2.62. The molecule has 1 N–H and O–H groups in total. The van der Waals surface area contributed by atoms with Crippen LogP contribution in [0.25, 0.3) is 15.8 Å². The van der Waals surface area contributed by atoms with Gasteiger partial charge in [0.05, 0.1) is 5.56 Å². The molecule has 0 saturated carbocycles. The minimum absolute atomic E-state index is 0.0201. The number of benzene rings is 2. The van der Waals surface area contributed by atoms with E-state index >= 15 is 0 Å². The number of carbonyl (C=O) groups excluding carboxylic acids is 1. The molecule has 2 fully saturated rings. The fourth-order valence-corrected chi connectivity index (χ4v) is 6.03. The number of likely N-dealkylation sites (tertiary alicyclic amines) is 2. The van der Waals surface area contributed by atoms with E-state index in [-0.39, 0.29) is 27.4 Å². The molecule has 0 aliphatic carbocycles. The first kappa shape index (κ1) is 23.2. The maximum Gasteiger partial charge on any atom is 0.418 e. The standard InChI is InChI=1S/C25H23ClF3N3OS/c1-15(16-5-3-2-4-6-16)31-10-9-18(12-31)30-19-13-32(14-19)24(33)23-22(25(27,28)29)20-11-17(26)7-8-21(20)34-23/h2-8,11,18-19,30H,1,9-10,12-14H2/t18-/m0/s1. The maximum absolute atomic E-state index is 13.8. The number of nitrogens with one attached hydrogen (secondary N) is 1. The number of amides is 1. The van der Waals surface area contributed by atoms with Gasteiger partial charge in [0.1, 0.15) is 4.88 Å². The van der Waals surface area contributed by atoms with Gasteiger partial charge in [-0.15, -0.1) is 11.3 Å². The largest absolute Gasteiger partial charge is 0.418 e. The van der Waals surface area contributed by atoms with Crippen LogP contribution in [-0.4, -0.2) is 54.0 Å². The Balaban J connectivity index is 1.21. The van der Waals surface area contributed by atoms with Crippen molar-refractivity contribution in [1.82, 2.24) is 15.1 Å². The van der Waals surface area contributed by atoms with Crippen LogP contribution in [0.2, 0.25) is 5.02 Å². The molecule has 0 unspecified atom stereocenters. The monoisotopic (exact) mass is 505 g/mol. The van der Waals surface area contributed by atoms with Gasteiger partial charge in [0, 0.05) is 59.1 Å². The molecular weight excluding hydrogens is 483 g/mol. The number of rotatable bonds is 5. The number of carbonyl (C=O) groups is 1. The van der Waals surface area contributed by atoms with E-state index in [4.69, 9.17) is 11.6 Å². The Morgan fingerprint density at radius 1 is 1.06 bits per heavy atom. The van der Waals surface area contributed by atoms with Crippen molar-refractivity contribution >= 4 is 44.6 Å². The summed E-state index contributed by atoms with van der Waals surface area (Å²) < 4.78 is 41.9. The molecule has 5 rings (SSSR count). The molecule has 0 radical (unpaired) electrons. The highest BCUT2D eigenvalue weighted by molar-refractivity contribution is 7.21. The van der Waals surface area contributed by atoms with E-state index in [0.29, 0.717) is 17.8 Å². The Hall–Kier alpha value is -2.55. The van der Waals surface area contributed by atoms with E-state index in [2.05, 4.69) is 16.8 Å². The molecule has 34 heavy (non-hydrogen) atoms. The summed E-state index contributed by atoms with van der Waals surface area (Å²) in [6, 6.07) is 14.7. The summed E-state index contributed by atoms with van der Waals surface area (Å²) in [5.74, 6) is -0.576. The Kier molecular flexibility index (Phi) is 6.08. The molecule has 0 spiro atoms. The Bertz CT molecular complexity index is 1240. The third-order valence-corrected chi connectivity index (χ3v) is 7.84. The van der Waals surface area contributed by atoms with Crippen LogP contribution in [0.1, 0.15) is 27.2 Å². The van der Waals surface area contributed by atoms with Crippen LogP contribution >= 0.6 is 22.9 Å². The number of hydrogen-bond acceptors (Lipinski definition) is 4. The van der Waals surface area contributed by atoms with Gasteiger partial charge < -0.3 is 15.1 Å². The first-order valence-electron chi connectivity index (χ1n) is 11.0. The number of hydrogen-bond donors (Lipinski definition) is 1. The van der Waals surface area contributed by atoms with Crippen LogP contribution in [0.5, 0.6) is 0 Å². The average Bonchev–Trinajstić information content (AvgIpc) is 3.40. The maximum atomic E-state index is 13.8. The summed E-state index contributed by atoms with van der Waals surface area (Å²) in [7, 11) is 0. The Morgan fingerprint density at radius 2 is 1.76 bits per heavy atom. The Morgan fingerprint density at radius 3 is 2.47 bits per heavy atom. The topological polar surface area (TPSA) is 35.6 Å². The molecule has 1 atom stereocenters. The zero-order valence-electron chi connectivity index (χ0n) is 18.2. The molecule has 1 aromatic heterocycles. The molecule has 3 heterocycles. The highest BCUT2D eigenvalue weighted by Crippen LogP contribution is 2.43. The fourth-order valence-electron chi connectivity index (χ4n) is 4.68. The van der Waals surface area contributed by atoms with Crippen molar-refractivity contribution in [2.75, 3.05) is 26.2 Å². The number of halogens is 4. The van der Waals surface area contributed by atoms with E-state index < -0.39 is 17.6 Å². The molecule has 0 bridgehead atoms. The number of alkyl halides is 3. The smallest absolute Gasteiger partial charge is 0.370 e. The van der Waals surface area contributed by atoms with Crippen molar-refractivity contribution in [3.05, 3.63) is 76.1 Å². The predicted octanol–water partition coefficient (Wildman–Crippen LogP) is 5.73. The van der Waals surface area contributed by atoms with Crippen molar-refractivity contribution in [2.45, 2.75) is 24.7 Å². The van der Waals surface area contributed by atoms with Crippen molar-refractivity contribution < 1.29 is 18.0 Å². The van der Waals surface area contributed by atoms with Crippen LogP contribution in [0.3, 0.4) is 0 Å². The molecule has 2 aromatic carbocycles. The molecule has 2 aliphatic heterocycles. The van der Waals surface area contributed by atoms with Crippen LogP contribution in [0.15, 0.2) is 55.1 Å². The van der Waals surface area contributed by atoms with Gasteiger partial charge in [-0.05, 0) is 30.2 Å². The first-order chi connectivity index (χ1) is 16.2. The molecule has 3 aromatic rings. The summed E-state index contributed by atoms with van der Waals surface area (Å²) >= 11 is 6.79. The van der Waals surface area contributed by atoms with Gasteiger partial charge in [0.15, 0.2) is 0 Å². The highest BCUT2D eigenvalue weighted by atomic mass is 35.5. The number of nitrogens with zero attached hydrogens (tertiary/aromatic N) is 2. The summed E-state index contributed by atoms with van der Waals surface area (Å²) in [6.45, 7) is 6.70. The van der Waals surface area contributed by atoms with Crippen molar-refractivity contribution in [3.63, 3.8) is 0 Å². The lowest BCUT2D eigenvalue weighted by Gasteiger charge is -2.41. The van der Waals surface area contributed by atoms with Crippen molar-refractivity contribution in [1.29, 1.82) is 0 Å². The second kappa shape index (κ2) is 8.91. The summed E-state index contributed by atoms with van der Waals surface area (Å²) in [4.78, 5) is 16.4. The zero-order chi connectivity index (χ0) is 24.0. The Labute approximate surface area is 204 Å². The van der Waals surface area contributed by atoms with Gasteiger partial charge in [0.25, 0.3) is 5.91 Å². The second-order valence-electron chi connectivity index (χ2n) is 8.76. The van der Waals surface area contributed by atoms with Gasteiger partial charge in [-0.1, -0.05) is 48.5 Å². The van der Waals surface area contributed by atoms with Crippen LogP contribution < -0.4 is 5.32 Å². The molecule has 2 saturated heterocycles. The van der Waals surface area contributed by atoms with Gasteiger partial charge in [-0.25, -0.2) is 0 Å². The third kappa shape index (κ3) is 4.42.